The van der Waals surface area contributed by atoms with E-state index in [1.54, 1.807) is 12.1 Å². The summed E-state index contributed by atoms with van der Waals surface area (Å²) in [7, 11) is 0. The molecule has 1 N–H and O–H groups in total. The van der Waals surface area contributed by atoms with Crippen LogP contribution in [0.3, 0.4) is 0 Å². The summed E-state index contributed by atoms with van der Waals surface area (Å²) in [4.78, 5) is 11.5. The molecule has 0 spiro atoms. The van der Waals surface area contributed by atoms with E-state index < -0.39 is 0 Å². The van der Waals surface area contributed by atoms with Gasteiger partial charge in [0.25, 0.3) is 0 Å². The number of nitrogens with one attached hydrogen (secondary N) is 1. The molecule has 3 heteroatoms. The zero-order valence-electron chi connectivity index (χ0n) is 9.09. The highest BCUT2D eigenvalue weighted by Gasteiger charge is 2.05. The fraction of sp³-hybridized carbons (Fsp3) is 0.417. The molecule has 82 valence electrons. The van der Waals surface area contributed by atoms with Crippen molar-refractivity contribution >= 4 is 23.2 Å². The van der Waals surface area contributed by atoms with Crippen LogP contribution < -0.4 is 5.32 Å². The second kappa shape index (κ2) is 5.76. The fourth-order valence-corrected chi connectivity index (χ4v) is 1.38. The molecule has 0 bridgehead atoms. The van der Waals surface area contributed by atoms with Crippen molar-refractivity contribution in [3.63, 3.8) is 0 Å². The maximum atomic E-state index is 11.5. The Balaban J connectivity index is 2.48. The molecule has 0 saturated carbocycles. The van der Waals surface area contributed by atoms with Gasteiger partial charge in [-0.25, -0.2) is 0 Å². The summed E-state index contributed by atoms with van der Waals surface area (Å²) in [5, 5.41) is 3.37. The first kappa shape index (κ1) is 12.1. The number of hydrogen-bond acceptors (Lipinski definition) is 1. The zero-order chi connectivity index (χ0) is 11.3. The topological polar surface area (TPSA) is 29.1 Å². The highest BCUT2D eigenvalue weighted by Crippen LogP contribution is 2.20. The van der Waals surface area contributed by atoms with Gasteiger partial charge >= 0.3 is 0 Å². The van der Waals surface area contributed by atoms with Gasteiger partial charge in [0, 0.05) is 6.42 Å². The molecule has 1 aromatic rings. The highest BCUT2D eigenvalue weighted by molar-refractivity contribution is 6.33. The summed E-state index contributed by atoms with van der Waals surface area (Å²) < 4.78 is 0. The van der Waals surface area contributed by atoms with Gasteiger partial charge in [-0.15, -0.1) is 0 Å². The van der Waals surface area contributed by atoms with Crippen LogP contribution in [0.4, 0.5) is 5.69 Å². The van der Waals surface area contributed by atoms with E-state index in [1.165, 1.54) is 0 Å². The Kier molecular flexibility index (Phi) is 4.63. The third-order valence-corrected chi connectivity index (χ3v) is 2.43. The maximum absolute atomic E-state index is 11.5. The highest BCUT2D eigenvalue weighted by atomic mass is 35.5. The molecule has 0 saturated heterocycles. The first-order valence-corrected chi connectivity index (χ1v) is 5.51. The molecule has 1 rings (SSSR count). The van der Waals surface area contributed by atoms with E-state index in [2.05, 4.69) is 19.2 Å². The van der Waals surface area contributed by atoms with Gasteiger partial charge < -0.3 is 5.32 Å². The van der Waals surface area contributed by atoms with Crippen LogP contribution in [0.2, 0.25) is 5.02 Å². The molecule has 2 nitrogen and oxygen atoms in total. The number of halogens is 1. The monoisotopic (exact) mass is 225 g/mol. The van der Waals surface area contributed by atoms with E-state index >= 15 is 0 Å². The lowest BCUT2D eigenvalue weighted by Gasteiger charge is -2.07. The van der Waals surface area contributed by atoms with Gasteiger partial charge in [-0.3, -0.25) is 4.79 Å². The van der Waals surface area contributed by atoms with Crippen molar-refractivity contribution in [2.75, 3.05) is 5.32 Å². The Bertz CT molecular complexity index is 336. The minimum atomic E-state index is 0.0248. The quantitative estimate of drug-likeness (QED) is 0.832. The predicted octanol–water partition coefficient (Wildman–Crippen LogP) is 3.71. The lowest BCUT2D eigenvalue weighted by Crippen LogP contribution is -2.12. The van der Waals surface area contributed by atoms with Crippen LogP contribution >= 0.6 is 11.6 Å². The molecule has 0 atom stereocenters. The smallest absolute Gasteiger partial charge is 0.224 e. The lowest BCUT2D eigenvalue weighted by molar-refractivity contribution is -0.116. The van der Waals surface area contributed by atoms with E-state index in [9.17, 15) is 4.79 Å². The van der Waals surface area contributed by atoms with Gasteiger partial charge in [0.15, 0.2) is 0 Å². The molecular weight excluding hydrogens is 210 g/mol. The van der Waals surface area contributed by atoms with Gasteiger partial charge in [-0.2, -0.15) is 0 Å². The SMILES string of the molecule is CC(C)CCC(=O)Nc1ccccc1Cl. The minimum absolute atomic E-state index is 0.0248. The number of anilines is 1. The van der Waals surface area contributed by atoms with Gasteiger partial charge in [0.2, 0.25) is 5.91 Å². The van der Waals surface area contributed by atoms with Crippen molar-refractivity contribution in [2.45, 2.75) is 26.7 Å². The van der Waals surface area contributed by atoms with E-state index in [0.29, 0.717) is 23.0 Å². The molecule has 1 aromatic carbocycles. The maximum Gasteiger partial charge on any atom is 0.224 e. The Hall–Kier alpha value is -1.02. The second-order valence-electron chi connectivity index (χ2n) is 3.96. The van der Waals surface area contributed by atoms with E-state index in [1.807, 2.05) is 12.1 Å². The number of benzene rings is 1. The number of carbonyl (C=O) groups is 1. The third kappa shape index (κ3) is 4.34. The first-order chi connectivity index (χ1) is 7.09. The molecule has 15 heavy (non-hydrogen) atoms. The third-order valence-electron chi connectivity index (χ3n) is 2.10. The van der Waals surface area contributed by atoms with Crippen molar-refractivity contribution in [1.82, 2.24) is 0 Å². The van der Waals surface area contributed by atoms with Gasteiger partial charge in [0.05, 0.1) is 10.7 Å². The largest absolute Gasteiger partial charge is 0.325 e. The Morgan fingerprint density at radius 1 is 1.40 bits per heavy atom. The van der Waals surface area contributed by atoms with Gasteiger partial charge in [-0.1, -0.05) is 37.6 Å². The molecule has 0 radical (unpaired) electrons. The molecule has 1 amide bonds. The summed E-state index contributed by atoms with van der Waals surface area (Å²) >= 11 is 5.92. The van der Waals surface area contributed by atoms with E-state index in [4.69, 9.17) is 11.6 Å². The second-order valence-corrected chi connectivity index (χ2v) is 4.37. The Labute approximate surface area is 95.6 Å². The fourth-order valence-electron chi connectivity index (χ4n) is 1.20. The van der Waals surface area contributed by atoms with E-state index in [-0.39, 0.29) is 5.91 Å². The Morgan fingerprint density at radius 3 is 2.67 bits per heavy atom. The van der Waals surface area contributed by atoms with Crippen molar-refractivity contribution in [3.05, 3.63) is 29.3 Å². The molecule has 0 heterocycles. The number of carbonyl (C=O) groups excluding carboxylic acids is 1. The normalized spacial score (nSPS) is 10.4. The van der Waals surface area contributed by atoms with Crippen LogP contribution in [0.5, 0.6) is 0 Å². The van der Waals surface area contributed by atoms with Crippen LogP contribution in [0.25, 0.3) is 0 Å². The molecular formula is C12H16ClNO. The van der Waals surface area contributed by atoms with Crippen LogP contribution in [0, 0.1) is 5.92 Å². The first-order valence-electron chi connectivity index (χ1n) is 5.14. The zero-order valence-corrected chi connectivity index (χ0v) is 9.84. The van der Waals surface area contributed by atoms with Crippen molar-refractivity contribution in [3.8, 4) is 0 Å². The van der Waals surface area contributed by atoms with Gasteiger partial charge in [0.1, 0.15) is 0 Å². The van der Waals surface area contributed by atoms with Crippen LogP contribution in [0.1, 0.15) is 26.7 Å². The van der Waals surface area contributed by atoms with Crippen LogP contribution in [-0.2, 0) is 4.79 Å². The van der Waals surface area contributed by atoms with Crippen molar-refractivity contribution in [2.24, 2.45) is 5.92 Å². The summed E-state index contributed by atoms with van der Waals surface area (Å²) in [5.74, 6) is 0.568. The Morgan fingerprint density at radius 2 is 2.07 bits per heavy atom. The molecule has 0 aromatic heterocycles. The number of hydrogen-bond donors (Lipinski definition) is 1. The minimum Gasteiger partial charge on any atom is -0.325 e. The number of amides is 1. The molecule has 0 fully saturated rings. The standard InChI is InChI=1S/C12H16ClNO/c1-9(2)7-8-12(15)14-11-6-4-3-5-10(11)13/h3-6,9H,7-8H2,1-2H3,(H,14,15). The molecule has 0 aliphatic carbocycles. The van der Waals surface area contributed by atoms with Gasteiger partial charge in [-0.05, 0) is 24.5 Å². The van der Waals surface area contributed by atoms with E-state index in [0.717, 1.165) is 6.42 Å². The van der Waals surface area contributed by atoms with Crippen molar-refractivity contribution in [1.29, 1.82) is 0 Å². The summed E-state index contributed by atoms with van der Waals surface area (Å²) in [6.07, 6.45) is 1.44. The van der Waals surface area contributed by atoms with Crippen molar-refractivity contribution < 1.29 is 4.79 Å². The number of rotatable bonds is 4. The van der Waals surface area contributed by atoms with Crippen LogP contribution in [-0.4, -0.2) is 5.91 Å². The average molecular weight is 226 g/mol. The number of para-hydroxylation sites is 1. The molecule has 0 unspecified atom stereocenters. The predicted molar refractivity (Wildman–Crippen MR) is 64.2 cm³/mol. The summed E-state index contributed by atoms with van der Waals surface area (Å²) in [5.41, 5.74) is 0.688. The molecule has 0 aliphatic heterocycles. The average Bonchev–Trinajstić information content (AvgIpc) is 2.18. The summed E-state index contributed by atoms with van der Waals surface area (Å²) in [6, 6.07) is 7.26. The van der Waals surface area contributed by atoms with Crippen LogP contribution in [0.15, 0.2) is 24.3 Å². The summed E-state index contributed by atoms with van der Waals surface area (Å²) in [6.45, 7) is 4.20. The lowest BCUT2D eigenvalue weighted by atomic mass is 10.1. The molecule has 0 aliphatic rings.